The van der Waals surface area contributed by atoms with Gasteiger partial charge < -0.3 is 5.73 Å². The highest BCUT2D eigenvalue weighted by molar-refractivity contribution is 7.10. The third-order valence-corrected chi connectivity index (χ3v) is 2.97. The van der Waals surface area contributed by atoms with E-state index in [0.29, 0.717) is 11.3 Å². The summed E-state index contributed by atoms with van der Waals surface area (Å²) in [7, 11) is 0. The van der Waals surface area contributed by atoms with E-state index in [0.717, 1.165) is 6.07 Å². The molecule has 0 spiro atoms. The second-order valence-electron chi connectivity index (χ2n) is 3.19. The van der Waals surface area contributed by atoms with Gasteiger partial charge >= 0.3 is 18.0 Å². The summed E-state index contributed by atoms with van der Waals surface area (Å²) in [4.78, 5) is -0.445. The normalized spacial score (nSPS) is 16.0. The van der Waals surface area contributed by atoms with Crippen LogP contribution < -0.4 is 5.73 Å². The summed E-state index contributed by atoms with van der Waals surface area (Å²) >= 11 is 0.579. The van der Waals surface area contributed by atoms with Gasteiger partial charge in [0.2, 0.25) is 0 Å². The smallest absolute Gasteiger partial charge is 0.318 e. The van der Waals surface area contributed by atoms with Crippen LogP contribution in [0.15, 0.2) is 17.5 Å². The lowest BCUT2D eigenvalue weighted by Gasteiger charge is -2.31. The van der Waals surface area contributed by atoms with E-state index in [1.54, 1.807) is 0 Å². The zero-order valence-electron chi connectivity index (χ0n) is 7.94. The second-order valence-corrected chi connectivity index (χ2v) is 4.17. The van der Waals surface area contributed by atoms with Crippen LogP contribution >= 0.6 is 11.3 Å². The predicted octanol–water partition coefficient (Wildman–Crippen LogP) is 3.58. The Morgan fingerprint density at radius 3 is 1.94 bits per heavy atom. The number of hydrogen-bond donors (Lipinski definition) is 1. The molecule has 0 saturated heterocycles. The molecule has 0 aliphatic rings. The molecule has 1 rings (SSSR count). The third kappa shape index (κ3) is 2.25. The third-order valence-electron chi connectivity index (χ3n) is 2.01. The fraction of sp³-hybridized carbons (Fsp3) is 0.500. The fourth-order valence-corrected chi connectivity index (χ4v) is 1.80. The number of nitrogens with two attached hydrogens (primary N) is 1. The fourth-order valence-electron chi connectivity index (χ4n) is 1.03. The number of thiophene rings is 1. The summed E-state index contributed by atoms with van der Waals surface area (Å²) in [5.41, 5.74) is 4.78. The van der Waals surface area contributed by atoms with Gasteiger partial charge in [-0.25, -0.2) is 0 Å². The van der Waals surface area contributed by atoms with Crippen molar-refractivity contribution in [2.24, 2.45) is 5.73 Å². The molecular formula is C8H6F7NS. The average molecular weight is 281 g/mol. The van der Waals surface area contributed by atoms with Gasteiger partial charge in [0.25, 0.3) is 0 Å². The lowest BCUT2D eigenvalue weighted by molar-refractivity contribution is -0.359. The summed E-state index contributed by atoms with van der Waals surface area (Å²) in [6, 6.07) is -0.517. The molecule has 0 bridgehead atoms. The summed E-state index contributed by atoms with van der Waals surface area (Å²) in [5, 5.41) is 1.25. The van der Waals surface area contributed by atoms with Crippen molar-refractivity contribution in [1.82, 2.24) is 0 Å². The number of rotatable bonds is 3. The number of hydrogen-bond acceptors (Lipinski definition) is 2. The zero-order chi connectivity index (χ0) is 13.5. The van der Waals surface area contributed by atoms with Gasteiger partial charge in [0, 0.05) is 4.88 Å². The first-order valence-corrected chi connectivity index (χ1v) is 5.01. The summed E-state index contributed by atoms with van der Waals surface area (Å²) < 4.78 is 86.9. The van der Waals surface area contributed by atoms with E-state index in [4.69, 9.17) is 5.73 Å². The Bertz CT molecular complexity index is 370. The number of halogens is 7. The maximum Gasteiger partial charge on any atom is 0.459 e. The minimum atomic E-state index is -6.36. The first-order chi connectivity index (χ1) is 7.52. The van der Waals surface area contributed by atoms with Crippen molar-refractivity contribution >= 4 is 11.3 Å². The van der Waals surface area contributed by atoms with Crippen molar-refractivity contribution in [1.29, 1.82) is 0 Å². The van der Waals surface area contributed by atoms with Gasteiger partial charge in [0.1, 0.15) is 6.04 Å². The Morgan fingerprint density at radius 2 is 1.59 bits per heavy atom. The van der Waals surface area contributed by atoms with E-state index < -0.39 is 28.9 Å². The van der Waals surface area contributed by atoms with Crippen molar-refractivity contribution in [3.8, 4) is 0 Å². The zero-order valence-corrected chi connectivity index (χ0v) is 8.76. The maximum absolute atomic E-state index is 13.1. The molecule has 17 heavy (non-hydrogen) atoms. The Labute approximate surface area is 95.0 Å². The van der Waals surface area contributed by atoms with E-state index in [9.17, 15) is 30.7 Å². The van der Waals surface area contributed by atoms with Crippen LogP contribution in [0.25, 0.3) is 0 Å². The van der Waals surface area contributed by atoms with Crippen LogP contribution in [0.3, 0.4) is 0 Å². The van der Waals surface area contributed by atoms with E-state index >= 15 is 0 Å². The molecule has 1 atom stereocenters. The first-order valence-electron chi connectivity index (χ1n) is 4.13. The Balaban J connectivity index is 3.11. The Hall–Kier alpha value is -0.830. The Kier molecular flexibility index (Phi) is 3.45. The van der Waals surface area contributed by atoms with Crippen molar-refractivity contribution < 1.29 is 30.7 Å². The number of alkyl halides is 7. The Morgan fingerprint density at radius 1 is 1.06 bits per heavy atom. The standard InChI is InChI=1S/C8H6F7NS/c9-6(10,7(11,12)8(13,14)15)5(16)4-2-1-3-17-4/h1-3,5H,16H2/t5-/m1/s1. The van der Waals surface area contributed by atoms with Crippen LogP contribution in [0.5, 0.6) is 0 Å². The minimum absolute atomic E-state index is 0.445. The lowest BCUT2D eigenvalue weighted by Crippen LogP contribution is -2.56. The molecule has 0 amide bonds. The lowest BCUT2D eigenvalue weighted by atomic mass is 10.0. The SMILES string of the molecule is N[C@H](c1cccs1)C(F)(F)C(F)(F)C(F)(F)F. The summed E-state index contributed by atoms with van der Waals surface area (Å²) in [5.74, 6) is -11.6. The largest absolute Gasteiger partial charge is 0.459 e. The highest BCUT2D eigenvalue weighted by atomic mass is 32.1. The van der Waals surface area contributed by atoms with E-state index in [-0.39, 0.29) is 0 Å². The quantitative estimate of drug-likeness (QED) is 0.842. The van der Waals surface area contributed by atoms with Crippen molar-refractivity contribution in [2.75, 3.05) is 0 Å². The maximum atomic E-state index is 13.1. The molecule has 0 unspecified atom stereocenters. The van der Waals surface area contributed by atoms with Crippen LogP contribution in [0.2, 0.25) is 0 Å². The van der Waals surface area contributed by atoms with Crippen molar-refractivity contribution in [2.45, 2.75) is 24.1 Å². The van der Waals surface area contributed by atoms with Gasteiger partial charge in [-0.15, -0.1) is 11.3 Å². The van der Waals surface area contributed by atoms with Gasteiger partial charge in [-0.1, -0.05) is 6.07 Å². The predicted molar refractivity (Wildman–Crippen MR) is 47.2 cm³/mol. The summed E-state index contributed by atoms with van der Waals surface area (Å²) in [6.45, 7) is 0. The topological polar surface area (TPSA) is 26.0 Å². The van der Waals surface area contributed by atoms with Crippen LogP contribution in [-0.2, 0) is 0 Å². The molecule has 0 fully saturated rings. The summed E-state index contributed by atoms with van der Waals surface area (Å²) in [6.07, 6.45) is -6.36. The monoisotopic (exact) mass is 281 g/mol. The minimum Gasteiger partial charge on any atom is -0.318 e. The molecule has 0 saturated carbocycles. The molecule has 9 heteroatoms. The first kappa shape index (κ1) is 14.2. The van der Waals surface area contributed by atoms with E-state index in [1.807, 2.05) is 0 Å². The molecule has 1 nitrogen and oxygen atoms in total. The molecular weight excluding hydrogens is 275 g/mol. The molecule has 0 aliphatic carbocycles. The molecule has 1 aromatic heterocycles. The van der Waals surface area contributed by atoms with Crippen molar-refractivity contribution in [3.63, 3.8) is 0 Å². The van der Waals surface area contributed by atoms with Gasteiger partial charge in [-0.05, 0) is 11.4 Å². The van der Waals surface area contributed by atoms with E-state index in [2.05, 4.69) is 0 Å². The van der Waals surface area contributed by atoms with Gasteiger partial charge in [0.05, 0.1) is 0 Å². The van der Waals surface area contributed by atoms with E-state index in [1.165, 1.54) is 11.4 Å². The van der Waals surface area contributed by atoms with Gasteiger partial charge in [0.15, 0.2) is 0 Å². The average Bonchev–Trinajstić information content (AvgIpc) is 2.66. The van der Waals surface area contributed by atoms with Gasteiger partial charge in [-0.3, -0.25) is 0 Å². The molecule has 1 heterocycles. The van der Waals surface area contributed by atoms with Gasteiger partial charge in [-0.2, -0.15) is 30.7 Å². The second kappa shape index (κ2) is 4.13. The van der Waals surface area contributed by atoms with Crippen LogP contribution in [0.1, 0.15) is 10.9 Å². The highest BCUT2D eigenvalue weighted by Gasteiger charge is 2.75. The highest BCUT2D eigenvalue weighted by Crippen LogP contribution is 2.51. The van der Waals surface area contributed by atoms with Crippen LogP contribution in [0, 0.1) is 0 Å². The molecule has 0 radical (unpaired) electrons. The molecule has 0 aromatic carbocycles. The van der Waals surface area contributed by atoms with Crippen molar-refractivity contribution in [3.05, 3.63) is 22.4 Å². The molecule has 1 aromatic rings. The molecule has 0 aliphatic heterocycles. The molecule has 2 N–H and O–H groups in total. The van der Waals surface area contributed by atoms with Crippen LogP contribution in [0.4, 0.5) is 30.7 Å². The van der Waals surface area contributed by atoms with Crippen LogP contribution in [-0.4, -0.2) is 18.0 Å². The molecule has 98 valence electrons.